The van der Waals surface area contributed by atoms with E-state index in [1.807, 2.05) is 11.8 Å². The second-order valence-corrected chi connectivity index (χ2v) is 18.1. The molecule has 7 N–H and O–H groups in total. The van der Waals surface area contributed by atoms with Crippen LogP contribution < -0.4 is 16.8 Å². The van der Waals surface area contributed by atoms with Crippen molar-refractivity contribution in [1.29, 1.82) is 0 Å². The molecule has 5 aliphatic rings. The summed E-state index contributed by atoms with van der Waals surface area (Å²) >= 11 is 0. The number of aliphatic imine (C=N–C) groups is 1. The SMILES string of the molecule is CC[C@H]1C=CCC[C@@]2(C[C@@H]3CC[C@]4(O)[C@H](C(=O)OCCCCCCCCCCCCCCCC(=O)N(CCCN)C[C@@H](O)CCN)[C@]5(CCC[C@@H](C)O5)N=C(N2)N34)O1. The van der Waals surface area contributed by atoms with Crippen molar-refractivity contribution < 1.29 is 34.0 Å². The summed E-state index contributed by atoms with van der Waals surface area (Å²) in [4.78, 5) is 35.8. The van der Waals surface area contributed by atoms with E-state index in [-0.39, 0.29) is 24.2 Å². The van der Waals surface area contributed by atoms with Gasteiger partial charge < -0.3 is 51.0 Å². The zero-order valence-electron chi connectivity index (χ0n) is 36.2. The first-order chi connectivity index (χ1) is 28.1. The lowest BCUT2D eigenvalue weighted by molar-refractivity contribution is -0.243. The van der Waals surface area contributed by atoms with Gasteiger partial charge in [-0.25, -0.2) is 4.99 Å². The molecule has 0 radical (unpaired) electrons. The minimum Gasteiger partial charge on any atom is -0.465 e. The fourth-order valence-electron chi connectivity index (χ4n) is 10.2. The number of hydrogen-bond donors (Lipinski definition) is 5. The van der Waals surface area contributed by atoms with Crippen molar-refractivity contribution in [3.05, 3.63) is 12.2 Å². The fraction of sp³-hybridized carbons (Fsp3) is 0.889. The lowest BCUT2D eigenvalue weighted by Crippen LogP contribution is -2.75. The summed E-state index contributed by atoms with van der Waals surface area (Å²) in [5.41, 5.74) is 8.03. The van der Waals surface area contributed by atoms with Crippen molar-refractivity contribution in [3.63, 3.8) is 0 Å². The Morgan fingerprint density at radius 3 is 2.31 bits per heavy atom. The van der Waals surface area contributed by atoms with Crippen LogP contribution in [0, 0.1) is 5.92 Å². The van der Waals surface area contributed by atoms with Gasteiger partial charge in [0.2, 0.25) is 11.9 Å². The molecule has 1 amide bonds. The number of nitrogens with zero attached hydrogens (tertiary/aromatic N) is 3. The van der Waals surface area contributed by atoms with Gasteiger partial charge >= 0.3 is 5.97 Å². The van der Waals surface area contributed by atoms with Gasteiger partial charge in [0.15, 0.2) is 17.4 Å². The van der Waals surface area contributed by atoms with Crippen LogP contribution in [0.25, 0.3) is 0 Å². The van der Waals surface area contributed by atoms with Crippen molar-refractivity contribution in [2.45, 2.75) is 216 Å². The Hall–Kier alpha value is -2.29. The number of rotatable bonds is 25. The maximum Gasteiger partial charge on any atom is 0.318 e. The number of guanidine groups is 1. The predicted octanol–water partition coefficient (Wildman–Crippen LogP) is 6.14. The highest BCUT2D eigenvalue weighted by Gasteiger charge is 2.69. The van der Waals surface area contributed by atoms with Gasteiger partial charge in [0, 0.05) is 32.0 Å². The summed E-state index contributed by atoms with van der Waals surface area (Å²) in [6.45, 7) is 6.41. The van der Waals surface area contributed by atoms with Gasteiger partial charge in [-0.3, -0.25) is 9.59 Å². The number of hydrogen-bond acceptors (Lipinski definition) is 12. The Labute approximate surface area is 349 Å². The molecule has 5 rings (SSSR count). The number of ether oxygens (including phenoxy) is 3. The highest BCUT2D eigenvalue weighted by atomic mass is 16.6. The monoisotopic (exact) mass is 817 g/mol. The van der Waals surface area contributed by atoms with Crippen LogP contribution >= 0.6 is 0 Å². The number of allylic oxidation sites excluding steroid dienone is 1. The number of nitrogens with one attached hydrogen (secondary N) is 1. The number of aliphatic hydroxyl groups excluding tert-OH is 1. The van der Waals surface area contributed by atoms with E-state index in [1.165, 1.54) is 44.9 Å². The van der Waals surface area contributed by atoms with E-state index in [2.05, 4.69) is 24.4 Å². The van der Waals surface area contributed by atoms with Crippen molar-refractivity contribution in [3.8, 4) is 0 Å². The van der Waals surface area contributed by atoms with Crippen molar-refractivity contribution in [1.82, 2.24) is 15.1 Å². The molecule has 13 nitrogen and oxygen atoms in total. The van der Waals surface area contributed by atoms with E-state index in [9.17, 15) is 19.8 Å². The summed E-state index contributed by atoms with van der Waals surface area (Å²) in [5.74, 6) is -0.591. The van der Waals surface area contributed by atoms with Gasteiger partial charge in [0.05, 0.1) is 24.9 Å². The number of unbranched alkanes of at least 4 members (excludes halogenated alkanes) is 12. The molecule has 5 heterocycles. The number of esters is 1. The number of nitrogens with two attached hydrogens (primary N) is 2. The van der Waals surface area contributed by atoms with E-state index < -0.39 is 35.2 Å². The molecule has 0 saturated carbocycles. The standard InChI is InChI=1S/C45H80N6O7/c1-3-38-22-16-17-26-43(58-38)33-36-24-28-45(55)40(44(27-19-21-35(2)57-44)49-42(48-43)51(36)45)41(54)56-32-18-14-12-10-8-6-4-5-7-9-11-13-15-23-39(53)50(31-20-29-46)34-37(52)25-30-47/h16,22,35-38,40,52,55H,3-15,17-21,23-34,46-47H2,1-2H3,(H,48,49)/t35-,36+,37+,38+,40-,43+,44-,45+/m1/s1. The second-order valence-electron chi connectivity index (χ2n) is 18.1. The molecule has 0 aromatic heterocycles. The van der Waals surface area contributed by atoms with Gasteiger partial charge in [0.25, 0.3) is 0 Å². The Morgan fingerprint density at radius 2 is 1.66 bits per heavy atom. The lowest BCUT2D eigenvalue weighted by atomic mass is 9.78. The Kier molecular flexibility index (Phi) is 18.6. The van der Waals surface area contributed by atoms with Gasteiger partial charge in [-0.15, -0.1) is 0 Å². The molecule has 13 heteroatoms. The van der Waals surface area contributed by atoms with Gasteiger partial charge in [-0.1, -0.05) is 89.7 Å². The quantitative estimate of drug-likeness (QED) is 0.0405. The number of aliphatic hydroxyl groups is 2. The van der Waals surface area contributed by atoms with Crippen LogP contribution in [0.15, 0.2) is 17.1 Å². The Morgan fingerprint density at radius 1 is 0.966 bits per heavy atom. The number of carbonyl (C=O) groups is 2. The molecule has 0 aliphatic carbocycles. The van der Waals surface area contributed by atoms with Crippen LogP contribution in [-0.4, -0.2) is 112 Å². The van der Waals surface area contributed by atoms with Crippen LogP contribution in [0.3, 0.4) is 0 Å². The number of amides is 1. The molecule has 0 unspecified atom stereocenters. The van der Waals surface area contributed by atoms with Gasteiger partial charge in [-0.2, -0.15) is 0 Å². The average molecular weight is 817 g/mol. The van der Waals surface area contributed by atoms with Crippen LogP contribution in [0.5, 0.6) is 0 Å². The topological polar surface area (TPSA) is 185 Å². The summed E-state index contributed by atoms with van der Waals surface area (Å²) in [6.07, 6.45) is 27.1. The normalized spacial score (nSPS) is 30.8. The van der Waals surface area contributed by atoms with E-state index >= 15 is 0 Å². The molecule has 2 spiro atoms. The summed E-state index contributed by atoms with van der Waals surface area (Å²) in [5, 5.41) is 26.3. The highest BCUT2D eigenvalue weighted by Crippen LogP contribution is 2.54. The van der Waals surface area contributed by atoms with Gasteiger partial charge in [0.1, 0.15) is 5.72 Å². The largest absolute Gasteiger partial charge is 0.465 e. The smallest absolute Gasteiger partial charge is 0.318 e. The molecular weight excluding hydrogens is 737 g/mol. The molecule has 0 aromatic rings. The average Bonchev–Trinajstić information content (AvgIpc) is 3.40. The van der Waals surface area contributed by atoms with Crippen molar-refractivity contribution in [2.24, 2.45) is 22.4 Å². The molecule has 332 valence electrons. The van der Waals surface area contributed by atoms with E-state index in [0.29, 0.717) is 64.4 Å². The molecule has 3 fully saturated rings. The third-order valence-electron chi connectivity index (χ3n) is 13.3. The first-order valence-electron chi connectivity index (χ1n) is 23.5. The zero-order chi connectivity index (χ0) is 41.4. The first kappa shape index (κ1) is 46.8. The van der Waals surface area contributed by atoms with Crippen LogP contribution in [0.1, 0.15) is 174 Å². The molecular formula is C45H80N6O7. The van der Waals surface area contributed by atoms with Crippen LogP contribution in [-0.2, 0) is 23.8 Å². The van der Waals surface area contributed by atoms with E-state index in [4.69, 9.17) is 30.7 Å². The summed E-state index contributed by atoms with van der Waals surface area (Å²) < 4.78 is 19.3. The zero-order valence-corrected chi connectivity index (χ0v) is 36.2. The molecule has 8 atom stereocenters. The van der Waals surface area contributed by atoms with Crippen LogP contribution in [0.2, 0.25) is 0 Å². The molecule has 58 heavy (non-hydrogen) atoms. The first-order valence-corrected chi connectivity index (χ1v) is 23.5. The minimum absolute atomic E-state index is 0.0149. The van der Waals surface area contributed by atoms with Crippen molar-refractivity contribution in [2.75, 3.05) is 32.8 Å². The van der Waals surface area contributed by atoms with E-state index in [1.54, 1.807) is 4.90 Å². The summed E-state index contributed by atoms with van der Waals surface area (Å²) in [7, 11) is 0. The van der Waals surface area contributed by atoms with Crippen LogP contribution in [0.4, 0.5) is 0 Å². The predicted molar refractivity (Wildman–Crippen MR) is 227 cm³/mol. The lowest BCUT2D eigenvalue weighted by Gasteiger charge is -2.58. The third-order valence-corrected chi connectivity index (χ3v) is 13.3. The second kappa shape index (κ2) is 23.1. The third kappa shape index (κ3) is 12.4. The molecule has 5 aliphatic heterocycles. The molecule has 3 saturated heterocycles. The van der Waals surface area contributed by atoms with Gasteiger partial charge in [-0.05, 0) is 97.1 Å². The Balaban J connectivity index is 0.964. The molecule has 0 aromatic carbocycles. The van der Waals surface area contributed by atoms with Crippen molar-refractivity contribution >= 4 is 17.8 Å². The highest BCUT2D eigenvalue weighted by molar-refractivity contribution is 5.87. The van der Waals surface area contributed by atoms with E-state index in [0.717, 1.165) is 89.9 Å². The maximum absolute atomic E-state index is 14.1. The fourth-order valence-corrected chi connectivity index (χ4v) is 10.2. The minimum atomic E-state index is -1.43. The molecule has 0 bridgehead atoms. The Bertz CT molecular complexity index is 1340. The number of carbonyl (C=O) groups excluding carboxylic acids is 2. The maximum atomic E-state index is 14.1. The summed E-state index contributed by atoms with van der Waals surface area (Å²) in [6, 6.07) is 0.0149.